The lowest BCUT2D eigenvalue weighted by molar-refractivity contribution is 0.228. The van der Waals surface area contributed by atoms with Crippen LogP contribution < -0.4 is 15.4 Å². The van der Waals surface area contributed by atoms with Gasteiger partial charge in [0.25, 0.3) is 0 Å². The lowest BCUT2D eigenvalue weighted by atomic mass is 10.2. The highest BCUT2D eigenvalue weighted by molar-refractivity contribution is 5.79. The highest BCUT2D eigenvalue weighted by Gasteiger charge is 2.06. The van der Waals surface area contributed by atoms with Crippen LogP contribution in [0, 0.1) is 13.8 Å². The van der Waals surface area contributed by atoms with Crippen molar-refractivity contribution in [3.63, 3.8) is 0 Å². The van der Waals surface area contributed by atoms with Crippen molar-refractivity contribution in [1.29, 1.82) is 0 Å². The summed E-state index contributed by atoms with van der Waals surface area (Å²) in [6.45, 7) is 11.4. The monoisotopic (exact) mass is 357 g/mol. The smallest absolute Gasteiger partial charge is 0.191 e. The van der Waals surface area contributed by atoms with E-state index in [4.69, 9.17) is 4.74 Å². The number of nitrogens with zero attached hydrogens (tertiary/aromatic N) is 3. The Morgan fingerprint density at radius 2 is 2.08 bits per heavy atom. The van der Waals surface area contributed by atoms with Crippen molar-refractivity contribution < 1.29 is 4.74 Å². The minimum atomic E-state index is 0.0126. The molecule has 6 nitrogen and oxygen atoms in total. The minimum Gasteiger partial charge on any atom is -0.489 e. The maximum Gasteiger partial charge on any atom is 0.191 e. The average molecular weight is 358 g/mol. The molecule has 2 aromatic rings. The van der Waals surface area contributed by atoms with Crippen molar-refractivity contribution in [2.24, 2.45) is 4.99 Å². The predicted molar refractivity (Wildman–Crippen MR) is 107 cm³/mol. The zero-order chi connectivity index (χ0) is 18.8. The molecule has 0 saturated heterocycles. The summed E-state index contributed by atoms with van der Waals surface area (Å²) in [5, 5.41) is 10.9. The van der Waals surface area contributed by atoms with Crippen LogP contribution in [-0.4, -0.2) is 41.5 Å². The van der Waals surface area contributed by atoms with Crippen LogP contribution in [0.1, 0.15) is 31.4 Å². The van der Waals surface area contributed by atoms with Crippen molar-refractivity contribution in [1.82, 2.24) is 20.4 Å². The van der Waals surface area contributed by atoms with E-state index in [0.717, 1.165) is 43.3 Å². The Morgan fingerprint density at radius 1 is 1.27 bits per heavy atom. The Kier molecular flexibility index (Phi) is 7.99. The Balaban J connectivity index is 1.76. The van der Waals surface area contributed by atoms with Crippen LogP contribution in [0.25, 0.3) is 0 Å². The van der Waals surface area contributed by atoms with E-state index in [0.29, 0.717) is 6.54 Å². The normalized spacial score (nSPS) is 12.7. The molecular formula is C20H31N5O. The lowest BCUT2D eigenvalue weighted by Gasteiger charge is -2.16. The maximum absolute atomic E-state index is 5.99. The predicted octanol–water partition coefficient (Wildman–Crippen LogP) is 2.91. The first-order valence-corrected chi connectivity index (χ1v) is 9.32. The number of aryl methyl sites for hydroxylation is 3. The fraction of sp³-hybridized carbons (Fsp3) is 0.500. The molecule has 2 rings (SSSR count). The largest absolute Gasteiger partial charge is 0.489 e. The molecule has 0 aliphatic carbocycles. The molecule has 2 N–H and O–H groups in total. The molecule has 26 heavy (non-hydrogen) atoms. The van der Waals surface area contributed by atoms with Crippen LogP contribution in [0.3, 0.4) is 0 Å². The van der Waals surface area contributed by atoms with Gasteiger partial charge in [-0.3, -0.25) is 4.68 Å². The van der Waals surface area contributed by atoms with Gasteiger partial charge in [-0.2, -0.15) is 5.10 Å². The summed E-state index contributed by atoms with van der Waals surface area (Å²) in [6.07, 6.45) is 4.94. The SMILES string of the molecule is CCNC(=NCC(C)Oc1ccccc1C)NCCCn1cc(C)cn1. The van der Waals surface area contributed by atoms with Crippen molar-refractivity contribution >= 4 is 5.96 Å². The molecule has 0 amide bonds. The first-order valence-electron chi connectivity index (χ1n) is 9.32. The quantitative estimate of drug-likeness (QED) is 0.411. The third-order valence-corrected chi connectivity index (χ3v) is 3.89. The Hall–Kier alpha value is -2.50. The lowest BCUT2D eigenvalue weighted by Crippen LogP contribution is -2.38. The molecule has 142 valence electrons. The Bertz CT molecular complexity index is 695. The number of aromatic nitrogens is 2. The van der Waals surface area contributed by atoms with Crippen LogP contribution in [-0.2, 0) is 6.54 Å². The highest BCUT2D eigenvalue weighted by atomic mass is 16.5. The topological polar surface area (TPSA) is 63.5 Å². The molecular weight excluding hydrogens is 326 g/mol. The van der Waals surface area contributed by atoms with Crippen LogP contribution in [0.4, 0.5) is 0 Å². The van der Waals surface area contributed by atoms with Gasteiger partial charge in [-0.25, -0.2) is 4.99 Å². The van der Waals surface area contributed by atoms with Gasteiger partial charge < -0.3 is 15.4 Å². The van der Waals surface area contributed by atoms with E-state index in [1.165, 1.54) is 5.56 Å². The van der Waals surface area contributed by atoms with Crippen LogP contribution in [0.15, 0.2) is 41.7 Å². The van der Waals surface area contributed by atoms with Crippen molar-refractivity contribution in [3.05, 3.63) is 47.8 Å². The molecule has 1 atom stereocenters. The number of hydrogen-bond acceptors (Lipinski definition) is 3. The number of hydrogen-bond donors (Lipinski definition) is 2. The van der Waals surface area contributed by atoms with Gasteiger partial charge in [-0.1, -0.05) is 18.2 Å². The molecule has 1 heterocycles. The minimum absolute atomic E-state index is 0.0126. The third-order valence-electron chi connectivity index (χ3n) is 3.89. The summed E-state index contributed by atoms with van der Waals surface area (Å²) >= 11 is 0. The van der Waals surface area contributed by atoms with Gasteiger partial charge in [0.2, 0.25) is 0 Å². The van der Waals surface area contributed by atoms with E-state index < -0.39 is 0 Å². The molecule has 0 bridgehead atoms. The number of nitrogens with one attached hydrogen (secondary N) is 2. The second-order valence-electron chi connectivity index (χ2n) is 6.47. The van der Waals surface area contributed by atoms with Crippen molar-refractivity contribution in [3.8, 4) is 5.75 Å². The van der Waals surface area contributed by atoms with E-state index >= 15 is 0 Å². The van der Waals surface area contributed by atoms with Crippen LogP contribution in [0.5, 0.6) is 5.75 Å². The van der Waals surface area contributed by atoms with Crippen molar-refractivity contribution in [2.45, 2.75) is 46.8 Å². The van der Waals surface area contributed by atoms with E-state index in [1.54, 1.807) is 0 Å². The molecule has 0 radical (unpaired) electrons. The zero-order valence-corrected chi connectivity index (χ0v) is 16.3. The molecule has 0 spiro atoms. The molecule has 1 aromatic heterocycles. The van der Waals surface area contributed by atoms with Gasteiger partial charge in [0.1, 0.15) is 11.9 Å². The van der Waals surface area contributed by atoms with E-state index in [1.807, 2.05) is 36.0 Å². The molecule has 1 unspecified atom stereocenters. The first-order chi connectivity index (χ1) is 12.6. The standard InChI is InChI=1S/C20H31N5O/c1-5-21-20(22-11-8-12-25-15-16(2)13-24-25)23-14-18(4)26-19-10-7-6-9-17(19)3/h6-7,9-10,13,15,18H,5,8,11-12,14H2,1-4H3,(H2,21,22,23). The summed E-state index contributed by atoms with van der Waals surface area (Å²) in [4.78, 5) is 4.63. The second kappa shape index (κ2) is 10.5. The van der Waals surface area contributed by atoms with Gasteiger partial charge in [-0.15, -0.1) is 0 Å². The second-order valence-corrected chi connectivity index (χ2v) is 6.47. The molecule has 6 heteroatoms. The van der Waals surface area contributed by atoms with Gasteiger partial charge in [0.05, 0.1) is 12.7 Å². The molecule has 0 fully saturated rings. The molecule has 0 aliphatic rings. The summed E-state index contributed by atoms with van der Waals surface area (Å²) in [5.41, 5.74) is 2.33. The summed E-state index contributed by atoms with van der Waals surface area (Å²) in [5.74, 6) is 1.74. The first kappa shape index (κ1) is 19.8. The van der Waals surface area contributed by atoms with E-state index in [2.05, 4.69) is 53.8 Å². The fourth-order valence-corrected chi connectivity index (χ4v) is 2.54. The number of para-hydroxylation sites is 1. The van der Waals surface area contributed by atoms with Crippen molar-refractivity contribution in [2.75, 3.05) is 19.6 Å². The van der Waals surface area contributed by atoms with Gasteiger partial charge in [-0.05, 0) is 51.3 Å². The molecule has 0 saturated carbocycles. The van der Waals surface area contributed by atoms with Crippen LogP contribution in [0.2, 0.25) is 0 Å². The maximum atomic E-state index is 5.99. The van der Waals surface area contributed by atoms with E-state index in [-0.39, 0.29) is 6.10 Å². The number of rotatable bonds is 9. The van der Waals surface area contributed by atoms with Crippen LogP contribution >= 0.6 is 0 Å². The number of guanidine groups is 1. The Morgan fingerprint density at radius 3 is 2.77 bits per heavy atom. The van der Waals surface area contributed by atoms with E-state index in [9.17, 15) is 0 Å². The molecule has 1 aromatic carbocycles. The summed E-state index contributed by atoms with van der Waals surface area (Å²) in [6, 6.07) is 8.06. The fourth-order valence-electron chi connectivity index (χ4n) is 2.54. The molecule has 0 aliphatic heterocycles. The summed E-state index contributed by atoms with van der Waals surface area (Å²) in [7, 11) is 0. The zero-order valence-electron chi connectivity index (χ0n) is 16.3. The van der Waals surface area contributed by atoms with Gasteiger partial charge >= 0.3 is 0 Å². The third kappa shape index (κ3) is 6.78. The summed E-state index contributed by atoms with van der Waals surface area (Å²) < 4.78 is 7.96. The number of ether oxygens (including phenoxy) is 1. The Labute approximate surface area is 156 Å². The number of benzene rings is 1. The van der Waals surface area contributed by atoms with Gasteiger partial charge in [0.15, 0.2) is 5.96 Å². The number of aliphatic imine (C=N–C) groups is 1. The average Bonchev–Trinajstić information content (AvgIpc) is 3.03. The van der Waals surface area contributed by atoms with Gasteiger partial charge in [0, 0.05) is 25.8 Å². The highest BCUT2D eigenvalue weighted by Crippen LogP contribution is 2.17.